The average molecular weight is 280 g/mol. The Labute approximate surface area is 114 Å². The van der Waals surface area contributed by atoms with Crippen molar-refractivity contribution in [1.29, 1.82) is 0 Å². The molecule has 1 heterocycles. The lowest BCUT2D eigenvalue weighted by atomic mass is 10.2. The zero-order valence-corrected chi connectivity index (χ0v) is 10.9. The molecule has 2 rings (SSSR count). The van der Waals surface area contributed by atoms with Gasteiger partial charge in [-0.25, -0.2) is 9.78 Å². The third kappa shape index (κ3) is 3.24. The van der Waals surface area contributed by atoms with Gasteiger partial charge in [-0.3, -0.25) is 0 Å². The molecule has 0 aliphatic rings. The molecule has 0 spiro atoms. The second kappa shape index (κ2) is 5.89. The Morgan fingerprint density at radius 1 is 1.28 bits per heavy atom. The van der Waals surface area contributed by atoms with Crippen LogP contribution in [-0.4, -0.2) is 16.1 Å². The van der Waals surface area contributed by atoms with Crippen LogP contribution in [0.1, 0.15) is 15.9 Å². The molecule has 0 saturated carbocycles. The quantitative estimate of drug-likeness (QED) is 0.867. The topological polar surface area (TPSA) is 50.2 Å². The molecule has 2 aromatic rings. The van der Waals surface area contributed by atoms with E-state index in [1.165, 1.54) is 11.8 Å². The zero-order valence-electron chi connectivity index (χ0n) is 9.34. The minimum absolute atomic E-state index is 0.233. The van der Waals surface area contributed by atoms with Crippen molar-refractivity contribution in [3.63, 3.8) is 0 Å². The highest BCUT2D eigenvalue weighted by Crippen LogP contribution is 2.24. The molecular formula is C13H10ClNO2S. The molecule has 0 amide bonds. The van der Waals surface area contributed by atoms with Crippen LogP contribution in [0.25, 0.3) is 0 Å². The standard InChI is InChI=1S/C13H10ClNO2S/c14-10-5-3-9(4-6-10)8-18-12-11(13(16)17)2-1-7-15-12/h1-7H,8H2,(H,16,17). The molecule has 1 aromatic heterocycles. The van der Waals surface area contributed by atoms with Gasteiger partial charge in [-0.1, -0.05) is 23.7 Å². The summed E-state index contributed by atoms with van der Waals surface area (Å²) in [5.41, 5.74) is 1.31. The lowest BCUT2D eigenvalue weighted by molar-refractivity contribution is 0.0692. The summed E-state index contributed by atoms with van der Waals surface area (Å²) in [7, 11) is 0. The van der Waals surface area contributed by atoms with Gasteiger partial charge in [-0.15, -0.1) is 11.8 Å². The van der Waals surface area contributed by atoms with E-state index in [1.54, 1.807) is 18.3 Å². The molecule has 92 valence electrons. The third-order valence-corrected chi connectivity index (χ3v) is 3.62. The molecule has 0 saturated heterocycles. The Bertz CT molecular complexity index is 557. The molecule has 0 atom stereocenters. The number of carboxylic acid groups (broad SMARTS) is 1. The summed E-state index contributed by atoms with van der Waals surface area (Å²) < 4.78 is 0. The van der Waals surface area contributed by atoms with Crippen molar-refractivity contribution in [2.75, 3.05) is 0 Å². The van der Waals surface area contributed by atoms with Gasteiger partial charge in [0.2, 0.25) is 0 Å². The predicted molar refractivity (Wildman–Crippen MR) is 72.2 cm³/mol. The molecule has 0 aliphatic carbocycles. The van der Waals surface area contributed by atoms with Crippen LogP contribution in [0.15, 0.2) is 47.6 Å². The number of nitrogens with zero attached hydrogens (tertiary/aromatic N) is 1. The number of hydrogen-bond acceptors (Lipinski definition) is 3. The zero-order chi connectivity index (χ0) is 13.0. The Morgan fingerprint density at radius 3 is 2.67 bits per heavy atom. The maximum atomic E-state index is 11.0. The van der Waals surface area contributed by atoms with E-state index in [1.807, 2.05) is 24.3 Å². The maximum Gasteiger partial charge on any atom is 0.338 e. The first-order valence-corrected chi connectivity index (χ1v) is 6.59. The number of thioether (sulfide) groups is 1. The molecule has 0 aliphatic heterocycles. The minimum atomic E-state index is -0.957. The number of aromatic carboxylic acids is 1. The normalized spacial score (nSPS) is 10.3. The van der Waals surface area contributed by atoms with Crippen molar-refractivity contribution < 1.29 is 9.90 Å². The molecule has 5 heteroatoms. The van der Waals surface area contributed by atoms with E-state index in [-0.39, 0.29) is 5.56 Å². The maximum absolute atomic E-state index is 11.0. The van der Waals surface area contributed by atoms with Crippen LogP contribution in [0.3, 0.4) is 0 Å². The monoisotopic (exact) mass is 279 g/mol. The van der Waals surface area contributed by atoms with Crippen LogP contribution in [0.5, 0.6) is 0 Å². The van der Waals surface area contributed by atoms with Gasteiger partial charge < -0.3 is 5.11 Å². The highest BCUT2D eigenvalue weighted by molar-refractivity contribution is 7.98. The largest absolute Gasteiger partial charge is 0.478 e. The number of aromatic nitrogens is 1. The molecule has 0 radical (unpaired) electrons. The van der Waals surface area contributed by atoms with Crippen molar-refractivity contribution >= 4 is 29.3 Å². The van der Waals surface area contributed by atoms with Gasteiger partial charge in [0.05, 0.1) is 5.56 Å². The summed E-state index contributed by atoms with van der Waals surface area (Å²) in [6.45, 7) is 0. The summed E-state index contributed by atoms with van der Waals surface area (Å²) in [6, 6.07) is 10.6. The first kappa shape index (κ1) is 12.9. The van der Waals surface area contributed by atoms with Crippen molar-refractivity contribution in [3.8, 4) is 0 Å². The van der Waals surface area contributed by atoms with E-state index < -0.39 is 5.97 Å². The fourth-order valence-corrected chi connectivity index (χ4v) is 2.47. The smallest absolute Gasteiger partial charge is 0.338 e. The van der Waals surface area contributed by atoms with Crippen molar-refractivity contribution in [2.24, 2.45) is 0 Å². The highest BCUT2D eigenvalue weighted by Gasteiger charge is 2.10. The van der Waals surface area contributed by atoms with Gasteiger partial charge in [-0.05, 0) is 29.8 Å². The SMILES string of the molecule is O=C(O)c1cccnc1SCc1ccc(Cl)cc1. The number of hydrogen-bond donors (Lipinski definition) is 1. The average Bonchev–Trinajstić information content (AvgIpc) is 2.38. The number of carbonyl (C=O) groups is 1. The number of carboxylic acids is 1. The Morgan fingerprint density at radius 2 is 2.00 bits per heavy atom. The molecule has 1 aromatic carbocycles. The summed E-state index contributed by atoms with van der Waals surface area (Å²) in [4.78, 5) is 15.1. The fourth-order valence-electron chi connectivity index (χ4n) is 1.40. The van der Waals surface area contributed by atoms with Crippen LogP contribution in [0, 0.1) is 0 Å². The Hall–Kier alpha value is -1.52. The summed E-state index contributed by atoms with van der Waals surface area (Å²) >= 11 is 7.20. The van der Waals surface area contributed by atoms with E-state index in [2.05, 4.69) is 4.98 Å². The van der Waals surface area contributed by atoms with Gasteiger partial charge in [0.1, 0.15) is 5.03 Å². The van der Waals surface area contributed by atoms with Gasteiger partial charge >= 0.3 is 5.97 Å². The molecule has 0 fully saturated rings. The summed E-state index contributed by atoms with van der Waals surface area (Å²) in [5.74, 6) is -0.296. The molecule has 18 heavy (non-hydrogen) atoms. The highest BCUT2D eigenvalue weighted by atomic mass is 35.5. The van der Waals surface area contributed by atoms with Crippen molar-refractivity contribution in [3.05, 3.63) is 58.7 Å². The molecular weight excluding hydrogens is 270 g/mol. The molecule has 0 bridgehead atoms. The molecule has 3 nitrogen and oxygen atoms in total. The van der Waals surface area contributed by atoms with Crippen LogP contribution in [0.2, 0.25) is 5.02 Å². The second-order valence-corrected chi connectivity index (χ2v) is 4.98. The molecule has 0 unspecified atom stereocenters. The van der Waals surface area contributed by atoms with Gasteiger partial charge in [0, 0.05) is 17.0 Å². The van der Waals surface area contributed by atoms with Crippen LogP contribution >= 0.6 is 23.4 Å². The summed E-state index contributed by atoms with van der Waals surface area (Å²) in [6.07, 6.45) is 1.59. The molecule has 1 N–H and O–H groups in total. The first-order valence-electron chi connectivity index (χ1n) is 5.22. The Balaban J connectivity index is 2.10. The number of halogens is 1. The van der Waals surface area contributed by atoms with Crippen LogP contribution < -0.4 is 0 Å². The number of rotatable bonds is 4. The first-order chi connectivity index (χ1) is 8.66. The minimum Gasteiger partial charge on any atom is -0.478 e. The van der Waals surface area contributed by atoms with Crippen LogP contribution in [0.4, 0.5) is 0 Å². The summed E-state index contributed by atoms with van der Waals surface area (Å²) in [5, 5.41) is 10.2. The lowest BCUT2D eigenvalue weighted by Crippen LogP contribution is -2.00. The number of pyridine rings is 1. The number of benzene rings is 1. The third-order valence-electron chi connectivity index (χ3n) is 2.29. The van der Waals surface area contributed by atoms with E-state index in [0.717, 1.165) is 5.56 Å². The lowest BCUT2D eigenvalue weighted by Gasteiger charge is -2.04. The fraction of sp³-hybridized carbons (Fsp3) is 0.0769. The predicted octanol–water partition coefficient (Wildman–Crippen LogP) is 3.73. The van der Waals surface area contributed by atoms with Gasteiger partial charge in [-0.2, -0.15) is 0 Å². The van der Waals surface area contributed by atoms with E-state index in [4.69, 9.17) is 16.7 Å². The van der Waals surface area contributed by atoms with Crippen molar-refractivity contribution in [1.82, 2.24) is 4.98 Å². The Kier molecular flexibility index (Phi) is 4.23. The van der Waals surface area contributed by atoms with Gasteiger partial charge in [0.25, 0.3) is 0 Å². The van der Waals surface area contributed by atoms with Crippen LogP contribution in [-0.2, 0) is 5.75 Å². The van der Waals surface area contributed by atoms with E-state index >= 15 is 0 Å². The van der Waals surface area contributed by atoms with E-state index in [0.29, 0.717) is 15.8 Å². The second-order valence-electron chi connectivity index (χ2n) is 3.58. The van der Waals surface area contributed by atoms with E-state index in [9.17, 15) is 4.79 Å². The van der Waals surface area contributed by atoms with Gasteiger partial charge in [0.15, 0.2) is 0 Å². The van der Waals surface area contributed by atoms with Crippen molar-refractivity contribution in [2.45, 2.75) is 10.8 Å².